The van der Waals surface area contributed by atoms with E-state index in [9.17, 15) is 0 Å². The van der Waals surface area contributed by atoms with Crippen LogP contribution in [0.3, 0.4) is 0 Å². The number of nitrogens with two attached hydrogens (primary N) is 1. The molecule has 0 aromatic heterocycles. The molecule has 2 N–H and O–H groups in total. The van der Waals surface area contributed by atoms with E-state index < -0.39 is 0 Å². The number of halogens is 1. The van der Waals surface area contributed by atoms with Crippen LogP contribution in [0.25, 0.3) is 11.1 Å². The summed E-state index contributed by atoms with van der Waals surface area (Å²) in [6.07, 6.45) is 2.10. The minimum atomic E-state index is 0. The maximum atomic E-state index is 6.30. The van der Waals surface area contributed by atoms with Gasteiger partial charge in [-0.2, -0.15) is 0 Å². The zero-order chi connectivity index (χ0) is 13.4. The average Bonchev–Trinajstić information content (AvgIpc) is 2.75. The van der Waals surface area contributed by atoms with Crippen molar-refractivity contribution < 1.29 is 0 Å². The number of rotatable bonds is 3. The molecule has 0 radical (unpaired) electrons. The molecule has 2 aromatic rings. The second kappa shape index (κ2) is 5.99. The molecular weight excluding hydrogens is 266 g/mol. The lowest BCUT2D eigenvalue weighted by molar-refractivity contribution is 0.510. The maximum Gasteiger partial charge on any atom is 0.0297 e. The Morgan fingerprint density at radius 2 is 1.70 bits per heavy atom. The molecule has 0 aliphatic heterocycles. The van der Waals surface area contributed by atoms with Gasteiger partial charge >= 0.3 is 0 Å². The molecule has 0 amide bonds. The van der Waals surface area contributed by atoms with Gasteiger partial charge in [0.1, 0.15) is 0 Å². The fourth-order valence-electron chi connectivity index (χ4n) is 3.04. The van der Waals surface area contributed by atoms with E-state index in [4.69, 9.17) is 5.73 Å². The molecule has 0 saturated carbocycles. The van der Waals surface area contributed by atoms with E-state index in [0.717, 1.165) is 12.8 Å². The van der Waals surface area contributed by atoms with Crippen LogP contribution in [0.1, 0.15) is 43.0 Å². The monoisotopic (exact) mass is 287 g/mol. The lowest BCUT2D eigenvalue weighted by atomic mass is 9.95. The van der Waals surface area contributed by atoms with Crippen molar-refractivity contribution in [2.24, 2.45) is 11.7 Å². The van der Waals surface area contributed by atoms with Gasteiger partial charge in [-0.3, -0.25) is 0 Å². The molecule has 2 aromatic carbocycles. The molecule has 1 aliphatic rings. The standard InChI is InChI=1S/C18H21N.ClH/c1-12(2)9-18(19)14-7-8-17-15(11-14)10-13-5-3-4-6-16(13)17;/h3-8,11-12,18H,9-10,19H2,1-2H3;1H/t18-;/m1./s1. The van der Waals surface area contributed by atoms with Crippen LogP contribution in [0.4, 0.5) is 0 Å². The van der Waals surface area contributed by atoms with Gasteiger partial charge in [0.25, 0.3) is 0 Å². The average molecular weight is 288 g/mol. The number of hydrogen-bond donors (Lipinski definition) is 1. The molecule has 0 unspecified atom stereocenters. The first-order chi connectivity index (χ1) is 9.15. The van der Waals surface area contributed by atoms with Gasteiger partial charge < -0.3 is 5.73 Å². The minimum absolute atomic E-state index is 0. The summed E-state index contributed by atoms with van der Waals surface area (Å²) < 4.78 is 0. The van der Waals surface area contributed by atoms with Crippen molar-refractivity contribution in [1.82, 2.24) is 0 Å². The normalized spacial score (nSPS) is 13.6. The topological polar surface area (TPSA) is 26.0 Å². The summed E-state index contributed by atoms with van der Waals surface area (Å²) in [6, 6.07) is 15.6. The van der Waals surface area contributed by atoms with Gasteiger partial charge in [-0.25, -0.2) is 0 Å². The SMILES string of the molecule is CC(C)C[C@@H](N)c1ccc2c(c1)Cc1ccccc1-2.Cl. The van der Waals surface area contributed by atoms with Gasteiger partial charge in [0.15, 0.2) is 0 Å². The molecule has 1 atom stereocenters. The fraction of sp³-hybridized carbons (Fsp3) is 0.333. The highest BCUT2D eigenvalue weighted by Gasteiger charge is 2.19. The summed E-state index contributed by atoms with van der Waals surface area (Å²) in [7, 11) is 0. The van der Waals surface area contributed by atoms with Gasteiger partial charge in [0, 0.05) is 6.04 Å². The number of hydrogen-bond acceptors (Lipinski definition) is 1. The zero-order valence-electron chi connectivity index (χ0n) is 12.1. The van der Waals surface area contributed by atoms with Crippen LogP contribution >= 0.6 is 12.4 Å². The van der Waals surface area contributed by atoms with E-state index in [-0.39, 0.29) is 18.4 Å². The second-order valence-electron chi connectivity index (χ2n) is 5.99. The highest BCUT2D eigenvalue weighted by Crippen LogP contribution is 2.37. The Hall–Kier alpha value is -1.31. The smallest absolute Gasteiger partial charge is 0.0297 e. The van der Waals surface area contributed by atoms with Crippen molar-refractivity contribution in [2.45, 2.75) is 32.7 Å². The predicted octanol–water partition coefficient (Wildman–Crippen LogP) is 4.73. The lowest BCUT2D eigenvalue weighted by Gasteiger charge is -2.15. The Labute approximate surface area is 127 Å². The van der Waals surface area contributed by atoms with E-state index in [1.165, 1.54) is 27.8 Å². The second-order valence-corrected chi connectivity index (χ2v) is 5.99. The third-order valence-electron chi connectivity index (χ3n) is 3.97. The van der Waals surface area contributed by atoms with Crippen molar-refractivity contribution in [1.29, 1.82) is 0 Å². The number of fused-ring (bicyclic) bond motifs is 3. The third kappa shape index (κ3) is 2.74. The molecule has 0 heterocycles. The molecule has 0 bridgehead atoms. The van der Waals surface area contributed by atoms with Crippen LogP contribution in [0, 0.1) is 5.92 Å². The van der Waals surface area contributed by atoms with Crippen LogP contribution in [-0.4, -0.2) is 0 Å². The molecule has 1 nitrogen and oxygen atoms in total. The van der Waals surface area contributed by atoms with Crippen molar-refractivity contribution in [3.05, 3.63) is 59.2 Å². The largest absolute Gasteiger partial charge is 0.324 e. The molecule has 0 fully saturated rings. The highest BCUT2D eigenvalue weighted by atomic mass is 35.5. The van der Waals surface area contributed by atoms with Crippen molar-refractivity contribution in [3.63, 3.8) is 0 Å². The van der Waals surface area contributed by atoms with Gasteiger partial charge in [-0.15, -0.1) is 12.4 Å². The van der Waals surface area contributed by atoms with Gasteiger partial charge in [-0.1, -0.05) is 56.3 Å². The highest BCUT2D eigenvalue weighted by molar-refractivity contribution is 5.85. The van der Waals surface area contributed by atoms with Crippen molar-refractivity contribution in [2.75, 3.05) is 0 Å². The zero-order valence-corrected chi connectivity index (χ0v) is 12.9. The molecule has 0 saturated heterocycles. The molecule has 2 heteroatoms. The summed E-state index contributed by atoms with van der Waals surface area (Å²) in [4.78, 5) is 0. The minimum Gasteiger partial charge on any atom is -0.324 e. The maximum absolute atomic E-state index is 6.30. The first-order valence-electron chi connectivity index (χ1n) is 7.12. The Morgan fingerprint density at radius 3 is 2.45 bits per heavy atom. The lowest BCUT2D eigenvalue weighted by Crippen LogP contribution is -2.13. The predicted molar refractivity (Wildman–Crippen MR) is 88.3 cm³/mol. The van der Waals surface area contributed by atoms with Crippen molar-refractivity contribution in [3.8, 4) is 11.1 Å². The first-order valence-corrected chi connectivity index (χ1v) is 7.12. The van der Waals surface area contributed by atoms with E-state index in [2.05, 4.69) is 56.3 Å². The summed E-state index contributed by atoms with van der Waals surface area (Å²) in [5.41, 5.74) is 13.2. The van der Waals surface area contributed by atoms with Crippen LogP contribution < -0.4 is 5.73 Å². The fourth-order valence-corrected chi connectivity index (χ4v) is 3.04. The molecule has 0 spiro atoms. The molecule has 3 rings (SSSR count). The van der Waals surface area contributed by atoms with Gasteiger partial charge in [-0.05, 0) is 46.6 Å². The van der Waals surface area contributed by atoms with Crippen LogP contribution in [0.15, 0.2) is 42.5 Å². The molecule has 20 heavy (non-hydrogen) atoms. The van der Waals surface area contributed by atoms with Crippen LogP contribution in [0.5, 0.6) is 0 Å². The molecular formula is C18H22ClN. The molecule has 106 valence electrons. The third-order valence-corrected chi connectivity index (χ3v) is 3.97. The Balaban J connectivity index is 0.00000147. The Morgan fingerprint density at radius 1 is 1.00 bits per heavy atom. The van der Waals surface area contributed by atoms with E-state index >= 15 is 0 Å². The van der Waals surface area contributed by atoms with Gasteiger partial charge in [0.2, 0.25) is 0 Å². The summed E-state index contributed by atoms with van der Waals surface area (Å²) in [6.45, 7) is 4.45. The first kappa shape index (κ1) is 15.1. The quantitative estimate of drug-likeness (QED) is 0.741. The summed E-state index contributed by atoms with van der Waals surface area (Å²) in [5, 5.41) is 0. The Kier molecular flexibility index (Phi) is 4.52. The summed E-state index contributed by atoms with van der Waals surface area (Å²) in [5.74, 6) is 0.639. The van der Waals surface area contributed by atoms with E-state index in [1.807, 2.05) is 0 Å². The van der Waals surface area contributed by atoms with E-state index in [0.29, 0.717) is 5.92 Å². The van der Waals surface area contributed by atoms with Crippen molar-refractivity contribution >= 4 is 12.4 Å². The van der Waals surface area contributed by atoms with Crippen LogP contribution in [0.2, 0.25) is 0 Å². The summed E-state index contributed by atoms with van der Waals surface area (Å²) >= 11 is 0. The Bertz CT molecular complexity index is 604. The van der Waals surface area contributed by atoms with E-state index in [1.54, 1.807) is 0 Å². The van der Waals surface area contributed by atoms with Gasteiger partial charge in [0.05, 0.1) is 0 Å². The molecule has 1 aliphatic carbocycles. The van der Waals surface area contributed by atoms with Crippen LogP contribution in [-0.2, 0) is 6.42 Å². The number of benzene rings is 2.